The van der Waals surface area contributed by atoms with Gasteiger partial charge in [-0.05, 0) is 29.7 Å². The van der Waals surface area contributed by atoms with Crippen LogP contribution in [-0.4, -0.2) is 49.7 Å². The largest absolute Gasteiger partial charge is 0.337 e. The van der Waals surface area contributed by atoms with Crippen LogP contribution in [-0.2, 0) is 14.8 Å². The zero-order valence-electron chi connectivity index (χ0n) is 13.3. The number of amides is 1. The van der Waals surface area contributed by atoms with Crippen molar-refractivity contribution in [1.82, 2.24) is 9.21 Å². The first-order valence-electron chi connectivity index (χ1n) is 7.73. The molecule has 5 nitrogen and oxygen atoms in total. The van der Waals surface area contributed by atoms with Crippen molar-refractivity contribution in [3.05, 3.63) is 57.8 Å². The Bertz CT molecular complexity index is 871. The summed E-state index contributed by atoms with van der Waals surface area (Å²) >= 11 is 7.58. The number of sulfonamides is 1. The molecule has 0 spiro atoms. The Labute approximate surface area is 156 Å². The quantitative estimate of drug-likeness (QED) is 0.746. The van der Waals surface area contributed by atoms with Crippen LogP contribution in [0.2, 0.25) is 5.02 Å². The molecule has 2 aromatic rings. The van der Waals surface area contributed by atoms with E-state index >= 15 is 0 Å². The van der Waals surface area contributed by atoms with E-state index in [1.165, 1.54) is 16.4 Å². The Hall–Kier alpha value is -1.67. The van der Waals surface area contributed by atoms with Gasteiger partial charge in [0.25, 0.3) is 0 Å². The molecule has 0 unspecified atom stereocenters. The van der Waals surface area contributed by atoms with E-state index in [1.54, 1.807) is 40.5 Å². The lowest BCUT2D eigenvalue weighted by molar-refractivity contribution is -0.127. The van der Waals surface area contributed by atoms with E-state index in [0.29, 0.717) is 13.1 Å². The van der Waals surface area contributed by atoms with Gasteiger partial charge in [0, 0.05) is 37.1 Å². The van der Waals surface area contributed by atoms with Crippen molar-refractivity contribution >= 4 is 44.9 Å². The van der Waals surface area contributed by atoms with Crippen LogP contribution in [0.5, 0.6) is 0 Å². The summed E-state index contributed by atoms with van der Waals surface area (Å²) in [6, 6.07) is 10.3. The summed E-state index contributed by atoms with van der Waals surface area (Å²) in [6.07, 6.45) is 3.31. The molecule has 1 fully saturated rings. The lowest BCUT2D eigenvalue weighted by atomic mass is 10.3. The standard InChI is InChI=1S/C17H17ClN2O3S2/c18-15-5-1-2-6-16(15)25(22,23)20-11-9-19(10-12-20)17(21)8-7-14-4-3-13-24-14/h1-8,13H,9-12H2/b8-7+. The molecule has 1 aromatic carbocycles. The van der Waals surface area contributed by atoms with Crippen molar-refractivity contribution in [2.75, 3.05) is 26.2 Å². The molecule has 132 valence electrons. The highest BCUT2D eigenvalue weighted by Crippen LogP contribution is 2.25. The van der Waals surface area contributed by atoms with Crippen LogP contribution in [0.4, 0.5) is 0 Å². The summed E-state index contributed by atoms with van der Waals surface area (Å²) in [6.45, 7) is 1.23. The minimum absolute atomic E-state index is 0.106. The first kappa shape index (κ1) is 18.1. The summed E-state index contributed by atoms with van der Waals surface area (Å²) < 4.78 is 26.8. The van der Waals surface area contributed by atoms with Crippen molar-refractivity contribution in [2.24, 2.45) is 0 Å². The molecule has 2 heterocycles. The van der Waals surface area contributed by atoms with Gasteiger partial charge in [-0.3, -0.25) is 4.79 Å². The SMILES string of the molecule is O=C(/C=C/c1cccs1)N1CCN(S(=O)(=O)c2ccccc2Cl)CC1. The topological polar surface area (TPSA) is 57.7 Å². The van der Waals surface area contributed by atoms with Gasteiger partial charge in [0.05, 0.1) is 5.02 Å². The van der Waals surface area contributed by atoms with Gasteiger partial charge in [-0.25, -0.2) is 8.42 Å². The van der Waals surface area contributed by atoms with Gasteiger partial charge >= 0.3 is 0 Å². The van der Waals surface area contributed by atoms with E-state index in [9.17, 15) is 13.2 Å². The lowest BCUT2D eigenvalue weighted by Gasteiger charge is -2.33. The molecule has 1 amide bonds. The van der Waals surface area contributed by atoms with Crippen LogP contribution >= 0.6 is 22.9 Å². The Morgan fingerprint density at radius 2 is 1.80 bits per heavy atom. The van der Waals surface area contributed by atoms with E-state index < -0.39 is 10.0 Å². The third-order valence-corrected chi connectivity index (χ3v) is 7.17. The van der Waals surface area contributed by atoms with Gasteiger partial charge < -0.3 is 4.90 Å². The molecular formula is C17H17ClN2O3S2. The van der Waals surface area contributed by atoms with E-state index in [2.05, 4.69) is 0 Å². The number of thiophene rings is 1. The number of hydrogen-bond donors (Lipinski definition) is 0. The molecular weight excluding hydrogens is 380 g/mol. The normalized spacial score (nSPS) is 16.4. The minimum Gasteiger partial charge on any atom is -0.337 e. The predicted octanol–water partition coefficient (Wildman–Crippen LogP) is 2.95. The number of halogens is 1. The second kappa shape index (κ2) is 7.70. The fourth-order valence-electron chi connectivity index (χ4n) is 2.59. The average Bonchev–Trinajstić information content (AvgIpc) is 3.13. The van der Waals surface area contributed by atoms with Crippen molar-refractivity contribution in [3.8, 4) is 0 Å². The molecule has 1 aliphatic rings. The Kier molecular flexibility index (Phi) is 5.58. The maximum absolute atomic E-state index is 12.7. The molecule has 0 atom stereocenters. The first-order chi connectivity index (χ1) is 12.0. The Morgan fingerprint density at radius 1 is 1.08 bits per heavy atom. The maximum atomic E-state index is 12.7. The molecule has 1 aromatic heterocycles. The van der Waals surface area contributed by atoms with E-state index in [4.69, 9.17) is 11.6 Å². The molecule has 1 saturated heterocycles. The van der Waals surface area contributed by atoms with Crippen molar-refractivity contribution in [1.29, 1.82) is 0 Å². The van der Waals surface area contributed by atoms with E-state index in [-0.39, 0.29) is 28.9 Å². The molecule has 1 aliphatic heterocycles. The maximum Gasteiger partial charge on any atom is 0.246 e. The third-order valence-electron chi connectivity index (χ3n) is 3.94. The average molecular weight is 397 g/mol. The highest BCUT2D eigenvalue weighted by molar-refractivity contribution is 7.89. The van der Waals surface area contributed by atoms with Gasteiger partial charge in [0.1, 0.15) is 4.90 Å². The lowest BCUT2D eigenvalue weighted by Crippen LogP contribution is -2.50. The zero-order valence-corrected chi connectivity index (χ0v) is 15.7. The summed E-state index contributed by atoms with van der Waals surface area (Å²) in [5.41, 5.74) is 0. The number of rotatable bonds is 4. The Morgan fingerprint density at radius 3 is 2.44 bits per heavy atom. The second-order valence-electron chi connectivity index (χ2n) is 5.51. The van der Waals surface area contributed by atoms with E-state index in [0.717, 1.165) is 4.88 Å². The highest BCUT2D eigenvalue weighted by Gasteiger charge is 2.30. The number of nitrogens with zero attached hydrogens (tertiary/aromatic N) is 2. The van der Waals surface area contributed by atoms with Gasteiger partial charge in [-0.2, -0.15) is 4.31 Å². The number of carbonyl (C=O) groups is 1. The van der Waals surface area contributed by atoms with Crippen molar-refractivity contribution in [3.63, 3.8) is 0 Å². The second-order valence-corrected chi connectivity index (χ2v) is 8.80. The van der Waals surface area contributed by atoms with Crippen LogP contribution in [0, 0.1) is 0 Å². The summed E-state index contributed by atoms with van der Waals surface area (Å²) in [7, 11) is -3.64. The summed E-state index contributed by atoms with van der Waals surface area (Å²) in [5.74, 6) is -0.108. The molecule has 0 aliphatic carbocycles. The monoisotopic (exact) mass is 396 g/mol. The predicted molar refractivity (Wildman–Crippen MR) is 100 cm³/mol. The minimum atomic E-state index is -3.64. The first-order valence-corrected chi connectivity index (χ1v) is 10.4. The smallest absolute Gasteiger partial charge is 0.246 e. The number of benzene rings is 1. The van der Waals surface area contributed by atoms with Gasteiger partial charge in [-0.1, -0.05) is 29.8 Å². The number of carbonyl (C=O) groups excluding carboxylic acids is 1. The molecule has 3 rings (SSSR count). The van der Waals surface area contributed by atoms with Crippen molar-refractivity contribution < 1.29 is 13.2 Å². The zero-order chi connectivity index (χ0) is 17.9. The highest BCUT2D eigenvalue weighted by atomic mass is 35.5. The number of hydrogen-bond acceptors (Lipinski definition) is 4. The fourth-order valence-corrected chi connectivity index (χ4v) is 5.12. The van der Waals surface area contributed by atoms with Gasteiger partial charge in [0.15, 0.2) is 0 Å². The molecule has 8 heteroatoms. The van der Waals surface area contributed by atoms with E-state index in [1.807, 2.05) is 17.5 Å². The molecule has 0 N–H and O–H groups in total. The van der Waals surface area contributed by atoms with Crippen LogP contribution in [0.3, 0.4) is 0 Å². The molecule has 0 saturated carbocycles. The molecule has 0 bridgehead atoms. The third kappa shape index (κ3) is 4.12. The van der Waals surface area contributed by atoms with Crippen LogP contribution in [0.15, 0.2) is 52.7 Å². The van der Waals surface area contributed by atoms with Crippen LogP contribution < -0.4 is 0 Å². The van der Waals surface area contributed by atoms with Crippen LogP contribution in [0.1, 0.15) is 4.88 Å². The molecule has 25 heavy (non-hydrogen) atoms. The van der Waals surface area contributed by atoms with Crippen LogP contribution in [0.25, 0.3) is 6.08 Å². The molecule has 0 radical (unpaired) electrons. The Balaban J connectivity index is 1.63. The summed E-state index contributed by atoms with van der Waals surface area (Å²) in [5, 5.41) is 2.16. The number of piperazine rings is 1. The summed E-state index contributed by atoms with van der Waals surface area (Å²) in [4.78, 5) is 15.0. The fraction of sp³-hybridized carbons (Fsp3) is 0.235. The van der Waals surface area contributed by atoms with Crippen molar-refractivity contribution in [2.45, 2.75) is 4.90 Å². The van der Waals surface area contributed by atoms with Gasteiger partial charge in [0.2, 0.25) is 15.9 Å². The van der Waals surface area contributed by atoms with Gasteiger partial charge in [-0.15, -0.1) is 11.3 Å².